The van der Waals surface area contributed by atoms with Crippen molar-refractivity contribution in [2.45, 2.75) is 39.7 Å². The van der Waals surface area contributed by atoms with Gasteiger partial charge in [0.15, 0.2) is 5.41 Å². The predicted molar refractivity (Wildman–Crippen MR) is 121 cm³/mol. The average Bonchev–Trinajstić information content (AvgIpc) is 2.79. The van der Waals surface area contributed by atoms with Crippen molar-refractivity contribution in [3.63, 3.8) is 0 Å². The number of aliphatic hydroxyl groups is 2. The molecular formula is C24H32N6O2. The van der Waals surface area contributed by atoms with E-state index in [1.165, 1.54) is 0 Å². The van der Waals surface area contributed by atoms with E-state index in [1.54, 1.807) is 26.2 Å². The molecule has 0 bridgehead atoms. The highest BCUT2D eigenvalue weighted by Crippen LogP contribution is 2.54. The minimum atomic E-state index is -1.57. The zero-order valence-corrected chi connectivity index (χ0v) is 19.2. The standard InChI is InChI=1S/C20H20N6.2C2H6O/c1-13(2)26-8-5-15-16(9-21)19(24)20(11-22,12-23)18(17(15)10-26)14-3-6-25-7-4-14;2*1-2-3/h3-7,13,17-18H,8,10,24H2,1-2H3;2*3H,2H2,1H3/t17-,18+;;/m1../s1. The Labute approximate surface area is 190 Å². The van der Waals surface area contributed by atoms with Gasteiger partial charge in [-0.2, -0.15) is 15.8 Å². The fourth-order valence-electron chi connectivity index (χ4n) is 4.07. The Morgan fingerprint density at radius 1 is 1.16 bits per heavy atom. The highest BCUT2D eigenvalue weighted by atomic mass is 16.3. The van der Waals surface area contributed by atoms with E-state index in [9.17, 15) is 15.8 Å². The quantitative estimate of drug-likeness (QED) is 0.637. The van der Waals surface area contributed by atoms with Gasteiger partial charge in [0.2, 0.25) is 0 Å². The lowest BCUT2D eigenvalue weighted by atomic mass is 9.58. The summed E-state index contributed by atoms with van der Waals surface area (Å²) in [7, 11) is 0. The summed E-state index contributed by atoms with van der Waals surface area (Å²) < 4.78 is 0. The van der Waals surface area contributed by atoms with Crippen molar-refractivity contribution in [2.24, 2.45) is 17.1 Å². The Bertz CT molecular complexity index is 918. The van der Waals surface area contributed by atoms with Gasteiger partial charge < -0.3 is 15.9 Å². The molecule has 2 heterocycles. The van der Waals surface area contributed by atoms with Crippen LogP contribution in [0.4, 0.5) is 0 Å². The summed E-state index contributed by atoms with van der Waals surface area (Å²) >= 11 is 0. The molecule has 2 atom stereocenters. The van der Waals surface area contributed by atoms with Crippen molar-refractivity contribution in [1.29, 1.82) is 15.8 Å². The molecule has 0 aromatic carbocycles. The lowest BCUT2D eigenvalue weighted by Gasteiger charge is -2.46. The van der Waals surface area contributed by atoms with E-state index in [-0.39, 0.29) is 30.4 Å². The monoisotopic (exact) mass is 436 g/mol. The molecule has 1 aliphatic heterocycles. The first-order chi connectivity index (χ1) is 15.3. The van der Waals surface area contributed by atoms with E-state index in [0.29, 0.717) is 12.6 Å². The van der Waals surface area contributed by atoms with Crippen LogP contribution < -0.4 is 5.73 Å². The van der Waals surface area contributed by atoms with Crippen molar-refractivity contribution in [2.75, 3.05) is 26.3 Å². The normalized spacial score (nSPS) is 21.3. The summed E-state index contributed by atoms with van der Waals surface area (Å²) in [5.41, 5.74) is 6.72. The molecule has 0 radical (unpaired) electrons. The van der Waals surface area contributed by atoms with E-state index in [1.807, 2.05) is 18.2 Å². The first kappa shape index (κ1) is 26.8. The maximum atomic E-state index is 9.98. The van der Waals surface area contributed by atoms with Gasteiger partial charge in [-0.15, -0.1) is 0 Å². The predicted octanol–water partition coefficient (Wildman–Crippen LogP) is 2.21. The van der Waals surface area contributed by atoms with Gasteiger partial charge in [-0.1, -0.05) is 6.08 Å². The van der Waals surface area contributed by atoms with E-state index in [4.69, 9.17) is 15.9 Å². The average molecular weight is 437 g/mol. The van der Waals surface area contributed by atoms with E-state index < -0.39 is 11.3 Å². The Kier molecular flexibility index (Phi) is 10.5. The third-order valence-electron chi connectivity index (χ3n) is 5.49. The number of hydrogen-bond acceptors (Lipinski definition) is 8. The van der Waals surface area contributed by atoms with E-state index in [2.05, 4.69) is 41.9 Å². The molecule has 1 aliphatic carbocycles. The van der Waals surface area contributed by atoms with Crippen molar-refractivity contribution in [3.8, 4) is 18.2 Å². The molecule has 32 heavy (non-hydrogen) atoms. The number of rotatable bonds is 2. The summed E-state index contributed by atoms with van der Waals surface area (Å²) in [6, 6.07) is 10.4. The Morgan fingerprint density at radius 3 is 2.12 bits per heavy atom. The number of nitrogens with two attached hydrogens (primary N) is 1. The number of allylic oxidation sites excluding steroid dienone is 2. The minimum absolute atomic E-state index is 0.0623. The van der Waals surface area contributed by atoms with Crippen LogP contribution >= 0.6 is 0 Å². The molecule has 0 saturated carbocycles. The molecule has 8 heteroatoms. The SMILES string of the molecule is CC(C)N1CC=C2C(C#N)=C(N)C(C#N)(C#N)[C@@H](c3ccncc3)[C@@H]2C1.CCO.CCO. The van der Waals surface area contributed by atoms with Crippen LogP contribution in [0.1, 0.15) is 39.2 Å². The molecule has 4 N–H and O–H groups in total. The van der Waals surface area contributed by atoms with E-state index >= 15 is 0 Å². The number of nitrogens with zero attached hydrogens (tertiary/aromatic N) is 5. The third-order valence-corrected chi connectivity index (χ3v) is 5.49. The van der Waals surface area contributed by atoms with Crippen molar-refractivity contribution in [3.05, 3.63) is 53.0 Å². The molecule has 0 saturated heterocycles. The van der Waals surface area contributed by atoms with Crippen LogP contribution in [-0.2, 0) is 0 Å². The Balaban J connectivity index is 0.000000769. The molecule has 1 aromatic heterocycles. The number of nitriles is 3. The fraction of sp³-hybridized carbons (Fsp3) is 0.500. The number of aromatic nitrogens is 1. The molecule has 0 unspecified atom stereocenters. The zero-order valence-electron chi connectivity index (χ0n) is 19.2. The number of aliphatic hydroxyl groups excluding tert-OH is 2. The second-order valence-corrected chi connectivity index (χ2v) is 7.64. The van der Waals surface area contributed by atoms with Crippen molar-refractivity contribution < 1.29 is 10.2 Å². The van der Waals surface area contributed by atoms with Gasteiger partial charge in [-0.25, -0.2) is 0 Å². The summed E-state index contributed by atoms with van der Waals surface area (Å²) in [6.07, 6.45) is 5.33. The van der Waals surface area contributed by atoms with Gasteiger partial charge in [0.25, 0.3) is 0 Å². The smallest absolute Gasteiger partial charge is 0.191 e. The van der Waals surface area contributed by atoms with Gasteiger partial charge in [-0.3, -0.25) is 9.88 Å². The topological polar surface area (TPSA) is 154 Å². The second kappa shape index (κ2) is 12.6. The molecule has 0 amide bonds. The third kappa shape index (κ3) is 5.33. The molecule has 2 aliphatic rings. The van der Waals surface area contributed by atoms with Gasteiger partial charge in [0.1, 0.15) is 6.07 Å². The zero-order chi connectivity index (χ0) is 24.3. The van der Waals surface area contributed by atoms with Crippen LogP contribution in [0, 0.1) is 45.3 Å². The van der Waals surface area contributed by atoms with Crippen LogP contribution in [-0.4, -0.2) is 52.4 Å². The Hall–Kier alpha value is -3.22. The first-order valence-electron chi connectivity index (χ1n) is 10.6. The molecule has 3 rings (SSSR count). The second-order valence-electron chi connectivity index (χ2n) is 7.64. The molecule has 0 fully saturated rings. The maximum Gasteiger partial charge on any atom is 0.191 e. The highest BCUT2D eigenvalue weighted by molar-refractivity contribution is 5.59. The Morgan fingerprint density at radius 2 is 1.69 bits per heavy atom. The maximum absolute atomic E-state index is 9.98. The molecule has 1 aromatic rings. The summed E-state index contributed by atoms with van der Waals surface area (Å²) in [5.74, 6) is -0.611. The number of fused-ring (bicyclic) bond motifs is 1. The fourth-order valence-corrected chi connectivity index (χ4v) is 4.07. The molecular weight excluding hydrogens is 404 g/mol. The van der Waals surface area contributed by atoms with Gasteiger partial charge >= 0.3 is 0 Å². The first-order valence-corrected chi connectivity index (χ1v) is 10.6. The summed E-state index contributed by atoms with van der Waals surface area (Å²) in [6.45, 7) is 9.47. The van der Waals surface area contributed by atoms with E-state index in [0.717, 1.165) is 17.7 Å². The number of hydrogen-bond donors (Lipinski definition) is 3. The van der Waals surface area contributed by atoms with Gasteiger partial charge in [0.05, 0.1) is 23.4 Å². The lowest BCUT2D eigenvalue weighted by Crippen LogP contribution is -2.49. The minimum Gasteiger partial charge on any atom is -0.399 e. The van der Waals surface area contributed by atoms with Gasteiger partial charge in [-0.05, 0) is 51.0 Å². The van der Waals surface area contributed by atoms with Crippen LogP contribution in [0.2, 0.25) is 0 Å². The van der Waals surface area contributed by atoms with Crippen molar-refractivity contribution >= 4 is 0 Å². The van der Waals surface area contributed by atoms with Crippen LogP contribution in [0.15, 0.2) is 47.4 Å². The summed E-state index contributed by atoms with van der Waals surface area (Å²) in [5, 5.41) is 44.8. The summed E-state index contributed by atoms with van der Waals surface area (Å²) in [4.78, 5) is 6.33. The molecule has 170 valence electrons. The highest BCUT2D eigenvalue weighted by Gasteiger charge is 2.54. The molecule has 0 spiro atoms. The molecule has 8 nitrogen and oxygen atoms in total. The van der Waals surface area contributed by atoms with Crippen LogP contribution in [0.5, 0.6) is 0 Å². The number of pyridine rings is 1. The van der Waals surface area contributed by atoms with Gasteiger partial charge in [0, 0.05) is 56.6 Å². The largest absolute Gasteiger partial charge is 0.399 e. The lowest BCUT2D eigenvalue weighted by molar-refractivity contribution is 0.174. The van der Waals surface area contributed by atoms with Crippen molar-refractivity contribution in [1.82, 2.24) is 9.88 Å². The van der Waals surface area contributed by atoms with Crippen LogP contribution in [0.25, 0.3) is 0 Å². The van der Waals surface area contributed by atoms with Crippen LogP contribution in [0.3, 0.4) is 0 Å².